The lowest BCUT2D eigenvalue weighted by molar-refractivity contribution is -0.121. The van der Waals surface area contributed by atoms with E-state index in [4.69, 9.17) is 4.74 Å². The molecule has 18 heavy (non-hydrogen) atoms. The molecule has 5 nitrogen and oxygen atoms in total. The van der Waals surface area contributed by atoms with Crippen LogP contribution in [0.1, 0.15) is 18.0 Å². The highest BCUT2D eigenvalue weighted by Crippen LogP contribution is 2.25. The fraction of sp³-hybridized carbons (Fsp3) is 0.385. The van der Waals surface area contributed by atoms with Gasteiger partial charge in [-0.05, 0) is 12.1 Å². The van der Waals surface area contributed by atoms with Crippen LogP contribution in [0, 0.1) is 0 Å². The number of methoxy groups -OCH3 is 1. The highest BCUT2D eigenvalue weighted by molar-refractivity contribution is 5.86. The number of imidazole rings is 1. The normalized spacial score (nSPS) is 20.3. The van der Waals surface area contributed by atoms with Gasteiger partial charge in [0.05, 0.1) is 24.9 Å². The summed E-state index contributed by atoms with van der Waals surface area (Å²) >= 11 is 0. The number of hydrogen-bond donors (Lipinski definition) is 1. The first kappa shape index (κ1) is 11.2. The van der Waals surface area contributed by atoms with E-state index < -0.39 is 0 Å². The van der Waals surface area contributed by atoms with Crippen LogP contribution in [0.25, 0.3) is 5.65 Å². The summed E-state index contributed by atoms with van der Waals surface area (Å²) in [7, 11) is 1.62. The average molecular weight is 245 g/mol. The lowest BCUT2D eigenvalue weighted by Crippen LogP contribution is -2.35. The predicted octanol–water partition coefficient (Wildman–Crippen LogP) is 0.989. The highest BCUT2D eigenvalue weighted by atomic mass is 16.5. The van der Waals surface area contributed by atoms with E-state index in [0.29, 0.717) is 18.8 Å². The zero-order valence-corrected chi connectivity index (χ0v) is 10.2. The zero-order valence-electron chi connectivity index (χ0n) is 10.2. The average Bonchev–Trinajstić information content (AvgIpc) is 2.83. The van der Waals surface area contributed by atoms with E-state index in [1.54, 1.807) is 13.3 Å². The van der Waals surface area contributed by atoms with Gasteiger partial charge in [0.2, 0.25) is 0 Å². The lowest BCUT2D eigenvalue weighted by Gasteiger charge is -2.21. The molecular formula is C13H15N3O2. The Balaban J connectivity index is 2.14. The molecule has 1 unspecified atom stereocenters. The molecule has 0 bridgehead atoms. The largest absolute Gasteiger partial charge is 0.482 e. The zero-order chi connectivity index (χ0) is 12.5. The summed E-state index contributed by atoms with van der Waals surface area (Å²) in [6.07, 6.45) is 2.35. The molecule has 94 valence electrons. The van der Waals surface area contributed by atoms with Crippen molar-refractivity contribution in [2.24, 2.45) is 0 Å². The number of piperidine rings is 1. The minimum Gasteiger partial charge on any atom is -0.482 e. The lowest BCUT2D eigenvalue weighted by atomic mass is 9.95. The van der Waals surface area contributed by atoms with Crippen molar-refractivity contribution in [2.45, 2.75) is 12.3 Å². The van der Waals surface area contributed by atoms with Gasteiger partial charge in [-0.3, -0.25) is 9.20 Å². The molecule has 1 N–H and O–H groups in total. The fourth-order valence-corrected chi connectivity index (χ4v) is 2.45. The maximum absolute atomic E-state index is 12.0. The molecule has 1 atom stereocenters. The molecule has 1 fully saturated rings. The van der Waals surface area contributed by atoms with Crippen molar-refractivity contribution >= 4 is 11.4 Å². The molecule has 0 saturated carbocycles. The van der Waals surface area contributed by atoms with Gasteiger partial charge in [-0.25, -0.2) is 4.98 Å². The van der Waals surface area contributed by atoms with Crippen LogP contribution in [-0.2, 0) is 4.79 Å². The van der Waals surface area contributed by atoms with Crippen molar-refractivity contribution < 1.29 is 9.53 Å². The van der Waals surface area contributed by atoms with E-state index in [0.717, 1.165) is 17.9 Å². The summed E-state index contributed by atoms with van der Waals surface area (Å²) in [5.41, 5.74) is 1.71. The topological polar surface area (TPSA) is 55.6 Å². The number of rotatable bonds is 2. The molecule has 2 aromatic rings. The van der Waals surface area contributed by atoms with E-state index >= 15 is 0 Å². The van der Waals surface area contributed by atoms with E-state index in [2.05, 4.69) is 10.3 Å². The van der Waals surface area contributed by atoms with Gasteiger partial charge < -0.3 is 10.1 Å². The molecule has 3 rings (SSSR count). The summed E-state index contributed by atoms with van der Waals surface area (Å²) in [5.74, 6) is 0.838. The standard InChI is InChI=1S/C13H15N3O2/c1-18-13-4-2-3-12-15-8-10(16(12)13)9-7-14-6-5-11(9)17/h2-4,8-9,14H,5-7H2,1H3. The van der Waals surface area contributed by atoms with Gasteiger partial charge in [-0.2, -0.15) is 0 Å². The SMILES string of the molecule is COc1cccc2ncc(C3CNCCC3=O)n12. The number of aromatic nitrogens is 2. The summed E-state index contributed by atoms with van der Waals surface area (Å²) in [6, 6.07) is 5.68. The minimum atomic E-state index is -0.134. The van der Waals surface area contributed by atoms with Crippen molar-refractivity contribution in [1.29, 1.82) is 0 Å². The third-order valence-corrected chi connectivity index (χ3v) is 3.37. The van der Waals surface area contributed by atoms with Gasteiger partial charge in [0.15, 0.2) is 5.88 Å². The molecule has 0 aliphatic carbocycles. The van der Waals surface area contributed by atoms with Crippen LogP contribution in [0.4, 0.5) is 0 Å². The van der Waals surface area contributed by atoms with Gasteiger partial charge >= 0.3 is 0 Å². The fourth-order valence-electron chi connectivity index (χ4n) is 2.45. The van der Waals surface area contributed by atoms with Crippen molar-refractivity contribution in [2.75, 3.05) is 20.2 Å². The van der Waals surface area contributed by atoms with E-state index in [1.165, 1.54) is 0 Å². The summed E-state index contributed by atoms with van der Waals surface area (Å²) in [6.45, 7) is 1.44. The van der Waals surface area contributed by atoms with Gasteiger partial charge in [-0.15, -0.1) is 0 Å². The predicted molar refractivity (Wildman–Crippen MR) is 67.0 cm³/mol. The van der Waals surface area contributed by atoms with E-state index in [1.807, 2.05) is 22.6 Å². The van der Waals surface area contributed by atoms with Crippen LogP contribution < -0.4 is 10.1 Å². The van der Waals surface area contributed by atoms with Crippen molar-refractivity contribution in [3.63, 3.8) is 0 Å². The van der Waals surface area contributed by atoms with Crippen molar-refractivity contribution in [3.05, 3.63) is 30.1 Å². The van der Waals surface area contributed by atoms with Gasteiger partial charge in [0, 0.05) is 19.5 Å². The molecule has 2 aromatic heterocycles. The number of carbonyl (C=O) groups excluding carboxylic acids is 1. The van der Waals surface area contributed by atoms with Crippen LogP contribution in [0.15, 0.2) is 24.4 Å². The Labute approximate surface area is 105 Å². The quantitative estimate of drug-likeness (QED) is 0.857. The number of nitrogens with zero attached hydrogens (tertiary/aromatic N) is 2. The number of hydrogen-bond acceptors (Lipinski definition) is 4. The molecular weight excluding hydrogens is 230 g/mol. The third-order valence-electron chi connectivity index (χ3n) is 3.37. The molecule has 5 heteroatoms. The molecule has 0 amide bonds. The number of carbonyl (C=O) groups is 1. The monoisotopic (exact) mass is 245 g/mol. The number of pyridine rings is 1. The number of ketones is 1. The Morgan fingerprint density at radius 2 is 2.39 bits per heavy atom. The second-order valence-corrected chi connectivity index (χ2v) is 4.42. The second-order valence-electron chi connectivity index (χ2n) is 4.42. The summed E-state index contributed by atoms with van der Waals surface area (Å²) in [5, 5.41) is 3.25. The maximum atomic E-state index is 12.0. The van der Waals surface area contributed by atoms with Crippen LogP contribution in [0.5, 0.6) is 5.88 Å². The van der Waals surface area contributed by atoms with Crippen molar-refractivity contribution in [1.82, 2.24) is 14.7 Å². The molecule has 0 aromatic carbocycles. The van der Waals surface area contributed by atoms with E-state index in [-0.39, 0.29) is 11.7 Å². The molecule has 0 spiro atoms. The minimum absolute atomic E-state index is 0.134. The Morgan fingerprint density at radius 1 is 1.50 bits per heavy atom. The number of nitrogens with one attached hydrogen (secondary N) is 1. The molecule has 3 heterocycles. The van der Waals surface area contributed by atoms with Crippen LogP contribution in [0.3, 0.4) is 0 Å². The van der Waals surface area contributed by atoms with Crippen LogP contribution in [0.2, 0.25) is 0 Å². The third kappa shape index (κ3) is 1.67. The smallest absolute Gasteiger partial charge is 0.199 e. The molecule has 1 aliphatic heterocycles. The Morgan fingerprint density at radius 3 is 3.17 bits per heavy atom. The summed E-state index contributed by atoms with van der Waals surface area (Å²) in [4.78, 5) is 16.4. The Kier molecular flexibility index (Phi) is 2.76. The molecule has 1 aliphatic rings. The van der Waals surface area contributed by atoms with Gasteiger partial charge in [0.25, 0.3) is 0 Å². The Hall–Kier alpha value is -1.88. The number of Topliss-reactive ketones (excluding diaryl/α,β-unsaturated/α-hetero) is 1. The van der Waals surface area contributed by atoms with Gasteiger partial charge in [-0.1, -0.05) is 6.07 Å². The van der Waals surface area contributed by atoms with Gasteiger partial charge in [0.1, 0.15) is 11.4 Å². The molecule has 1 saturated heterocycles. The van der Waals surface area contributed by atoms with E-state index in [9.17, 15) is 4.79 Å². The van der Waals surface area contributed by atoms with Crippen LogP contribution in [-0.4, -0.2) is 35.4 Å². The number of fused-ring (bicyclic) bond motifs is 1. The molecule has 0 radical (unpaired) electrons. The highest BCUT2D eigenvalue weighted by Gasteiger charge is 2.27. The summed E-state index contributed by atoms with van der Waals surface area (Å²) < 4.78 is 7.26. The Bertz CT molecular complexity index is 591. The van der Waals surface area contributed by atoms with Crippen LogP contribution >= 0.6 is 0 Å². The first-order chi connectivity index (χ1) is 8.81. The number of ether oxygens (including phenoxy) is 1. The first-order valence-electron chi connectivity index (χ1n) is 6.05. The maximum Gasteiger partial charge on any atom is 0.199 e. The van der Waals surface area contributed by atoms with Crippen molar-refractivity contribution in [3.8, 4) is 5.88 Å². The first-order valence-corrected chi connectivity index (χ1v) is 6.05. The second kappa shape index (κ2) is 4.42.